The van der Waals surface area contributed by atoms with Gasteiger partial charge in [0.15, 0.2) is 11.5 Å². The van der Waals surface area contributed by atoms with Crippen LogP contribution >= 0.6 is 0 Å². The van der Waals surface area contributed by atoms with Gasteiger partial charge < -0.3 is 10.5 Å². The molecule has 1 aliphatic rings. The van der Waals surface area contributed by atoms with Crippen LogP contribution in [0.25, 0.3) is 0 Å². The van der Waals surface area contributed by atoms with Crippen molar-refractivity contribution in [3.8, 4) is 0 Å². The van der Waals surface area contributed by atoms with Crippen LogP contribution in [-0.2, 0) is 9.53 Å². The second-order valence-electron chi connectivity index (χ2n) is 4.89. The zero-order valence-electron chi connectivity index (χ0n) is 11.4. The third-order valence-electron chi connectivity index (χ3n) is 3.14. The molecule has 4 heteroatoms. The monoisotopic (exact) mass is 262 g/mol. The number of ketones is 1. The van der Waals surface area contributed by atoms with Gasteiger partial charge in [0.1, 0.15) is 5.76 Å². The molecule has 0 aliphatic heterocycles. The second kappa shape index (κ2) is 5.99. The van der Waals surface area contributed by atoms with Crippen molar-refractivity contribution < 1.29 is 9.53 Å². The number of carbonyl (C=O) groups excluding carboxylic acids is 1. The van der Waals surface area contributed by atoms with Crippen molar-refractivity contribution in [2.24, 2.45) is 11.5 Å². The van der Waals surface area contributed by atoms with Crippen molar-refractivity contribution in [2.75, 3.05) is 0 Å². The Balaban J connectivity index is 2.77. The summed E-state index contributed by atoms with van der Waals surface area (Å²) in [4.78, 5) is 11.4. The Labute approximate surface area is 114 Å². The Hall–Kier alpha value is -1.65. The molecule has 0 bridgehead atoms. The van der Waals surface area contributed by atoms with E-state index in [1.807, 2.05) is 0 Å². The van der Waals surface area contributed by atoms with Crippen LogP contribution in [-0.4, -0.2) is 17.0 Å². The van der Waals surface area contributed by atoms with E-state index >= 15 is 0 Å². The first-order valence-electron chi connectivity index (χ1n) is 6.24. The van der Waals surface area contributed by atoms with Crippen LogP contribution in [0.15, 0.2) is 49.3 Å². The van der Waals surface area contributed by atoms with E-state index in [9.17, 15) is 4.79 Å². The van der Waals surface area contributed by atoms with Gasteiger partial charge in [-0.15, -0.1) is 13.2 Å². The van der Waals surface area contributed by atoms with E-state index in [1.165, 1.54) is 6.92 Å². The quantitative estimate of drug-likeness (QED) is 0.543. The molecule has 0 saturated carbocycles. The zero-order valence-corrected chi connectivity index (χ0v) is 11.4. The van der Waals surface area contributed by atoms with E-state index in [-0.39, 0.29) is 5.78 Å². The van der Waals surface area contributed by atoms with E-state index in [2.05, 4.69) is 13.2 Å². The summed E-state index contributed by atoms with van der Waals surface area (Å²) in [7, 11) is 0. The number of hydrogen-bond donors (Lipinski definition) is 2. The minimum Gasteiger partial charge on any atom is -0.473 e. The van der Waals surface area contributed by atoms with Crippen LogP contribution in [0.5, 0.6) is 0 Å². The Morgan fingerprint density at radius 2 is 2.11 bits per heavy atom. The number of rotatable bonds is 7. The maximum Gasteiger partial charge on any atom is 0.165 e. The Morgan fingerprint density at radius 1 is 1.53 bits per heavy atom. The Kier molecular flexibility index (Phi) is 4.86. The highest BCUT2D eigenvalue weighted by atomic mass is 16.5. The fraction of sp³-hybridized carbons (Fsp3) is 0.400. The van der Waals surface area contributed by atoms with Gasteiger partial charge in [-0.05, 0) is 25.5 Å². The summed E-state index contributed by atoms with van der Waals surface area (Å²) >= 11 is 0. The number of allylic oxidation sites excluding steroid dienone is 1. The van der Waals surface area contributed by atoms with Crippen LogP contribution in [0.4, 0.5) is 0 Å². The highest BCUT2D eigenvalue weighted by Gasteiger charge is 2.31. The maximum atomic E-state index is 11.4. The molecule has 0 aromatic carbocycles. The molecule has 0 aromatic rings. The molecular weight excluding hydrogens is 240 g/mol. The average molecular weight is 262 g/mol. The molecule has 1 unspecified atom stereocenters. The van der Waals surface area contributed by atoms with Gasteiger partial charge in [-0.25, -0.2) is 0 Å². The largest absolute Gasteiger partial charge is 0.473 e. The van der Waals surface area contributed by atoms with Crippen LogP contribution in [0, 0.1) is 0 Å². The third kappa shape index (κ3) is 3.91. The molecule has 104 valence electrons. The molecule has 19 heavy (non-hydrogen) atoms. The normalized spacial score (nSPS) is 22.6. The zero-order chi connectivity index (χ0) is 14.5. The lowest BCUT2D eigenvalue weighted by molar-refractivity contribution is -0.120. The van der Waals surface area contributed by atoms with Gasteiger partial charge in [0.2, 0.25) is 0 Å². The predicted molar refractivity (Wildman–Crippen MR) is 77.1 cm³/mol. The maximum absolute atomic E-state index is 11.4. The topological polar surface area (TPSA) is 78.3 Å². The molecule has 1 aliphatic carbocycles. The number of ether oxygens (including phenoxy) is 1. The molecule has 4 nitrogen and oxygen atoms in total. The minimum atomic E-state index is -0.930. The molecule has 0 saturated heterocycles. The first-order chi connectivity index (χ1) is 8.85. The predicted octanol–water partition coefficient (Wildman–Crippen LogP) is 1.94. The van der Waals surface area contributed by atoms with Crippen molar-refractivity contribution in [3.05, 3.63) is 49.3 Å². The summed E-state index contributed by atoms with van der Waals surface area (Å²) in [6.07, 6.45) is 9.97. The fourth-order valence-corrected chi connectivity index (χ4v) is 1.86. The highest BCUT2D eigenvalue weighted by molar-refractivity contribution is 5.88. The van der Waals surface area contributed by atoms with Gasteiger partial charge in [0.05, 0.1) is 5.54 Å². The van der Waals surface area contributed by atoms with Gasteiger partial charge in [0.25, 0.3) is 0 Å². The Morgan fingerprint density at radius 3 is 2.47 bits per heavy atom. The summed E-state index contributed by atoms with van der Waals surface area (Å²) in [6, 6.07) is 0. The standard InChI is InChI=1S/C15H22N2O2/c1-4-8-15(17,9-5-2)19-13-6-10-14(16,11-7-13)12(3)18/h4-7,10H,1-2,8-9,11,16-17H2,3H3. The number of hydrogen-bond acceptors (Lipinski definition) is 4. The van der Waals surface area contributed by atoms with Gasteiger partial charge in [-0.2, -0.15) is 0 Å². The van der Waals surface area contributed by atoms with Crippen LogP contribution < -0.4 is 11.5 Å². The number of carbonyl (C=O) groups is 1. The van der Waals surface area contributed by atoms with Gasteiger partial charge in [0, 0.05) is 12.8 Å². The number of nitrogens with two attached hydrogens (primary N) is 2. The summed E-state index contributed by atoms with van der Waals surface area (Å²) < 4.78 is 5.78. The van der Waals surface area contributed by atoms with E-state index in [0.29, 0.717) is 25.0 Å². The van der Waals surface area contributed by atoms with Gasteiger partial charge in [-0.3, -0.25) is 10.5 Å². The minimum absolute atomic E-state index is 0.0738. The number of Topliss-reactive ketones (excluding diaryl/α,β-unsaturated/α-hetero) is 1. The van der Waals surface area contributed by atoms with E-state index < -0.39 is 11.3 Å². The third-order valence-corrected chi connectivity index (χ3v) is 3.14. The summed E-state index contributed by atoms with van der Waals surface area (Å²) in [6.45, 7) is 8.82. The molecule has 0 spiro atoms. The summed E-state index contributed by atoms with van der Waals surface area (Å²) in [5.74, 6) is 0.545. The lowest BCUT2D eigenvalue weighted by Crippen LogP contribution is -2.46. The summed E-state index contributed by atoms with van der Waals surface area (Å²) in [5.41, 5.74) is 10.3. The van der Waals surface area contributed by atoms with Crippen molar-refractivity contribution in [1.82, 2.24) is 0 Å². The highest BCUT2D eigenvalue weighted by Crippen LogP contribution is 2.25. The molecule has 0 fully saturated rings. The second-order valence-corrected chi connectivity index (χ2v) is 4.89. The van der Waals surface area contributed by atoms with Gasteiger partial charge in [-0.1, -0.05) is 18.2 Å². The SMILES string of the molecule is C=CCC(N)(CC=C)OC1=CCC(N)(C(C)=O)C=C1. The molecule has 4 N–H and O–H groups in total. The van der Waals surface area contributed by atoms with Crippen molar-refractivity contribution in [3.63, 3.8) is 0 Å². The average Bonchev–Trinajstić information content (AvgIpc) is 2.32. The van der Waals surface area contributed by atoms with Crippen LogP contribution in [0.3, 0.4) is 0 Å². The van der Waals surface area contributed by atoms with Crippen LogP contribution in [0.1, 0.15) is 26.2 Å². The van der Waals surface area contributed by atoms with Crippen molar-refractivity contribution in [2.45, 2.75) is 37.5 Å². The van der Waals surface area contributed by atoms with Crippen molar-refractivity contribution >= 4 is 5.78 Å². The molecule has 1 rings (SSSR count). The Bertz CT molecular complexity index is 427. The first-order valence-corrected chi connectivity index (χ1v) is 6.24. The fourth-order valence-electron chi connectivity index (χ4n) is 1.86. The molecular formula is C15H22N2O2. The smallest absolute Gasteiger partial charge is 0.165 e. The van der Waals surface area contributed by atoms with E-state index in [4.69, 9.17) is 16.2 Å². The van der Waals surface area contributed by atoms with E-state index in [1.54, 1.807) is 30.4 Å². The van der Waals surface area contributed by atoms with Gasteiger partial charge >= 0.3 is 0 Å². The van der Waals surface area contributed by atoms with E-state index in [0.717, 1.165) is 0 Å². The van der Waals surface area contributed by atoms with Crippen molar-refractivity contribution in [1.29, 1.82) is 0 Å². The molecule has 0 heterocycles. The lowest BCUT2D eigenvalue weighted by Gasteiger charge is -2.31. The molecule has 1 atom stereocenters. The first kappa shape index (κ1) is 15.4. The molecule has 0 amide bonds. The van der Waals surface area contributed by atoms with Crippen LogP contribution in [0.2, 0.25) is 0 Å². The molecule has 0 radical (unpaired) electrons. The summed E-state index contributed by atoms with van der Waals surface area (Å²) in [5, 5.41) is 0. The molecule has 0 aromatic heterocycles. The lowest BCUT2D eigenvalue weighted by atomic mass is 9.88.